The smallest absolute Gasteiger partial charge is 0.261 e. The van der Waals surface area contributed by atoms with Gasteiger partial charge in [0.25, 0.3) is 11.8 Å². The van der Waals surface area contributed by atoms with Gasteiger partial charge in [-0.05, 0) is 36.4 Å². The molecule has 128 valence electrons. The van der Waals surface area contributed by atoms with E-state index in [1.165, 1.54) is 12.1 Å². The van der Waals surface area contributed by atoms with Gasteiger partial charge < -0.3 is 5.32 Å². The molecule has 0 aromatic heterocycles. The van der Waals surface area contributed by atoms with Gasteiger partial charge in [0, 0.05) is 23.1 Å². The fourth-order valence-electron chi connectivity index (χ4n) is 2.48. The Morgan fingerprint density at radius 2 is 1.84 bits per heavy atom. The van der Waals surface area contributed by atoms with Crippen molar-refractivity contribution in [1.29, 1.82) is 0 Å². The van der Waals surface area contributed by atoms with Crippen LogP contribution in [-0.4, -0.2) is 29.2 Å². The third kappa shape index (κ3) is 3.57. The van der Waals surface area contributed by atoms with E-state index in [0.717, 1.165) is 11.0 Å². The summed E-state index contributed by atoms with van der Waals surface area (Å²) in [6.07, 6.45) is -0.0817. The number of rotatable bonds is 4. The van der Waals surface area contributed by atoms with Crippen LogP contribution in [0.3, 0.4) is 0 Å². The van der Waals surface area contributed by atoms with Gasteiger partial charge in [-0.25, -0.2) is 4.39 Å². The van der Waals surface area contributed by atoms with Crippen LogP contribution < -0.4 is 5.32 Å². The third-order valence-corrected chi connectivity index (χ3v) is 4.48. The second-order valence-corrected chi connectivity index (χ2v) is 6.70. The Morgan fingerprint density at radius 3 is 2.56 bits per heavy atom. The van der Waals surface area contributed by atoms with Crippen LogP contribution in [0.5, 0.6) is 0 Å². The molecule has 1 N–H and O–H groups in total. The molecule has 1 heterocycles. The molecule has 3 amide bonds. The lowest BCUT2D eigenvalue weighted by molar-refractivity contribution is -0.116. The summed E-state index contributed by atoms with van der Waals surface area (Å²) in [6.45, 7) is -0.0509. The van der Waals surface area contributed by atoms with Crippen LogP contribution in [0.1, 0.15) is 27.1 Å². The van der Waals surface area contributed by atoms with Crippen LogP contribution in [-0.2, 0) is 4.79 Å². The Labute approximate surface area is 155 Å². The first-order valence-corrected chi connectivity index (χ1v) is 8.44. The monoisotopic (exact) mass is 424 g/mol. The molecule has 25 heavy (non-hydrogen) atoms. The molecule has 0 radical (unpaired) electrons. The minimum absolute atomic E-state index is 0.0509. The lowest BCUT2D eigenvalue weighted by atomic mass is 10.1. The van der Waals surface area contributed by atoms with Crippen LogP contribution in [0.15, 0.2) is 40.9 Å². The summed E-state index contributed by atoms with van der Waals surface area (Å²) in [6, 6.07) is 8.63. The SMILES string of the molecule is O=C(CCN1C(=O)c2ccc(Br)cc2C1=O)Nc1ccc(F)c(Cl)c1. The number of nitrogens with zero attached hydrogens (tertiary/aromatic N) is 1. The molecular weight excluding hydrogens is 415 g/mol. The predicted octanol–water partition coefficient (Wildman–Crippen LogP) is 3.87. The lowest BCUT2D eigenvalue weighted by Crippen LogP contribution is -2.32. The zero-order valence-electron chi connectivity index (χ0n) is 12.7. The molecule has 0 saturated heterocycles. The molecule has 0 aliphatic carbocycles. The molecule has 1 aliphatic heterocycles. The average Bonchev–Trinajstić information content (AvgIpc) is 2.80. The maximum atomic E-state index is 13.1. The molecule has 3 rings (SSSR count). The maximum absolute atomic E-state index is 13.1. The van der Waals surface area contributed by atoms with Crippen LogP contribution in [0.4, 0.5) is 10.1 Å². The van der Waals surface area contributed by atoms with Crippen molar-refractivity contribution in [3.05, 3.63) is 62.8 Å². The number of hydrogen-bond acceptors (Lipinski definition) is 3. The highest BCUT2D eigenvalue weighted by Gasteiger charge is 2.35. The Morgan fingerprint density at radius 1 is 1.12 bits per heavy atom. The molecule has 5 nitrogen and oxygen atoms in total. The van der Waals surface area contributed by atoms with E-state index in [1.807, 2.05) is 0 Å². The summed E-state index contributed by atoms with van der Waals surface area (Å²) < 4.78 is 13.8. The van der Waals surface area contributed by atoms with E-state index < -0.39 is 23.5 Å². The first kappa shape index (κ1) is 17.6. The van der Waals surface area contributed by atoms with E-state index in [9.17, 15) is 18.8 Å². The van der Waals surface area contributed by atoms with Crippen molar-refractivity contribution in [2.45, 2.75) is 6.42 Å². The van der Waals surface area contributed by atoms with Gasteiger partial charge in [0.05, 0.1) is 16.1 Å². The van der Waals surface area contributed by atoms with E-state index in [4.69, 9.17) is 11.6 Å². The fraction of sp³-hybridized carbons (Fsp3) is 0.118. The standard InChI is InChI=1S/C17H11BrClFN2O3/c18-9-1-3-11-12(7-9)17(25)22(16(11)24)6-5-15(23)21-10-2-4-14(20)13(19)8-10/h1-4,7-8H,5-6H2,(H,21,23). The van der Waals surface area contributed by atoms with Crippen molar-refractivity contribution >= 4 is 50.9 Å². The molecule has 0 atom stereocenters. The van der Waals surface area contributed by atoms with E-state index in [1.54, 1.807) is 18.2 Å². The first-order valence-electron chi connectivity index (χ1n) is 7.27. The number of amides is 3. The van der Waals surface area contributed by atoms with Gasteiger partial charge in [-0.15, -0.1) is 0 Å². The van der Waals surface area contributed by atoms with E-state index in [2.05, 4.69) is 21.2 Å². The number of anilines is 1. The molecule has 2 aromatic rings. The number of nitrogens with one attached hydrogen (secondary N) is 1. The summed E-state index contributed by atoms with van der Waals surface area (Å²) >= 11 is 8.91. The normalized spacial score (nSPS) is 13.2. The molecule has 0 unspecified atom stereocenters. The maximum Gasteiger partial charge on any atom is 0.261 e. The van der Waals surface area contributed by atoms with Gasteiger partial charge in [0.1, 0.15) is 5.82 Å². The van der Waals surface area contributed by atoms with Crippen LogP contribution in [0.25, 0.3) is 0 Å². The van der Waals surface area contributed by atoms with Crippen molar-refractivity contribution in [3.63, 3.8) is 0 Å². The van der Waals surface area contributed by atoms with Crippen LogP contribution in [0, 0.1) is 5.82 Å². The van der Waals surface area contributed by atoms with Crippen molar-refractivity contribution in [2.75, 3.05) is 11.9 Å². The number of benzene rings is 2. The highest BCUT2D eigenvalue weighted by molar-refractivity contribution is 9.10. The van der Waals surface area contributed by atoms with E-state index >= 15 is 0 Å². The number of carbonyl (C=O) groups is 3. The van der Waals surface area contributed by atoms with Crippen molar-refractivity contribution in [2.24, 2.45) is 0 Å². The van der Waals surface area contributed by atoms with E-state index in [-0.39, 0.29) is 18.0 Å². The van der Waals surface area contributed by atoms with Crippen molar-refractivity contribution in [1.82, 2.24) is 4.90 Å². The van der Waals surface area contributed by atoms with Crippen molar-refractivity contribution < 1.29 is 18.8 Å². The Balaban J connectivity index is 1.64. The predicted molar refractivity (Wildman–Crippen MR) is 94.2 cm³/mol. The van der Waals surface area contributed by atoms with Gasteiger partial charge in [-0.2, -0.15) is 0 Å². The number of imide groups is 1. The molecular formula is C17H11BrClFN2O3. The molecule has 1 aliphatic rings. The molecule has 0 saturated carbocycles. The summed E-state index contributed by atoms with van der Waals surface area (Å²) in [7, 11) is 0. The average molecular weight is 426 g/mol. The van der Waals surface area contributed by atoms with Gasteiger partial charge in [0.15, 0.2) is 0 Å². The largest absolute Gasteiger partial charge is 0.326 e. The van der Waals surface area contributed by atoms with Gasteiger partial charge >= 0.3 is 0 Å². The highest BCUT2D eigenvalue weighted by atomic mass is 79.9. The zero-order chi connectivity index (χ0) is 18.1. The minimum Gasteiger partial charge on any atom is -0.326 e. The fourth-order valence-corrected chi connectivity index (χ4v) is 3.02. The highest BCUT2D eigenvalue weighted by Crippen LogP contribution is 2.26. The number of carbonyl (C=O) groups excluding carboxylic acids is 3. The topological polar surface area (TPSA) is 66.5 Å². The quantitative estimate of drug-likeness (QED) is 0.756. The number of hydrogen-bond donors (Lipinski definition) is 1. The summed E-state index contributed by atoms with van der Waals surface area (Å²) in [5, 5.41) is 2.44. The molecule has 2 aromatic carbocycles. The molecule has 0 spiro atoms. The van der Waals surface area contributed by atoms with Crippen molar-refractivity contribution in [3.8, 4) is 0 Å². The number of halogens is 3. The Hall–Kier alpha value is -2.25. The first-order chi connectivity index (χ1) is 11.9. The molecule has 0 fully saturated rings. The van der Waals surface area contributed by atoms with Crippen LogP contribution in [0.2, 0.25) is 5.02 Å². The summed E-state index contributed by atoms with van der Waals surface area (Å²) in [4.78, 5) is 37.6. The van der Waals surface area contributed by atoms with Gasteiger partial charge in [0.2, 0.25) is 5.91 Å². The Bertz CT molecular complexity index is 903. The molecule has 8 heteroatoms. The van der Waals surface area contributed by atoms with Crippen LogP contribution >= 0.6 is 27.5 Å². The second kappa shape index (κ2) is 6.93. The lowest BCUT2D eigenvalue weighted by Gasteiger charge is -2.13. The third-order valence-electron chi connectivity index (χ3n) is 3.70. The Kier molecular flexibility index (Phi) is 4.87. The van der Waals surface area contributed by atoms with Gasteiger partial charge in [-0.3, -0.25) is 19.3 Å². The number of fused-ring (bicyclic) bond motifs is 1. The zero-order valence-corrected chi connectivity index (χ0v) is 15.0. The minimum atomic E-state index is -0.586. The second-order valence-electron chi connectivity index (χ2n) is 5.38. The van der Waals surface area contributed by atoms with Gasteiger partial charge in [-0.1, -0.05) is 27.5 Å². The summed E-state index contributed by atoms with van der Waals surface area (Å²) in [5.74, 6) is -1.86. The molecule has 0 bridgehead atoms. The summed E-state index contributed by atoms with van der Waals surface area (Å²) in [5.41, 5.74) is 0.965. The van der Waals surface area contributed by atoms with E-state index in [0.29, 0.717) is 21.3 Å².